The van der Waals surface area contributed by atoms with Crippen molar-refractivity contribution in [1.82, 2.24) is 29.6 Å². The molecule has 30 heavy (non-hydrogen) atoms. The van der Waals surface area contributed by atoms with Gasteiger partial charge >= 0.3 is 0 Å². The van der Waals surface area contributed by atoms with E-state index < -0.39 is 0 Å². The fourth-order valence-electron chi connectivity index (χ4n) is 3.78. The average molecular weight is 399 g/mol. The van der Waals surface area contributed by atoms with Crippen LogP contribution >= 0.6 is 0 Å². The molecule has 0 saturated carbocycles. The first-order chi connectivity index (χ1) is 14.6. The van der Waals surface area contributed by atoms with Crippen molar-refractivity contribution in [1.29, 1.82) is 0 Å². The molecule has 0 aliphatic carbocycles. The van der Waals surface area contributed by atoms with Crippen LogP contribution in [0.5, 0.6) is 5.75 Å². The largest absolute Gasteiger partial charge is 0.481 e. The normalized spacial score (nSPS) is 15.5. The van der Waals surface area contributed by atoms with Crippen LogP contribution in [-0.2, 0) is 4.79 Å². The highest BCUT2D eigenvalue weighted by atomic mass is 16.5. The Morgan fingerprint density at radius 2 is 2.20 bits per heavy atom. The molecule has 0 saturated heterocycles. The molecule has 3 aromatic heterocycles. The van der Waals surface area contributed by atoms with Crippen LogP contribution in [0.15, 0.2) is 42.7 Å². The summed E-state index contributed by atoms with van der Waals surface area (Å²) in [7, 11) is 0. The second-order valence-electron chi connectivity index (χ2n) is 6.95. The van der Waals surface area contributed by atoms with Crippen molar-refractivity contribution in [3.05, 3.63) is 59.5 Å². The zero-order valence-electron chi connectivity index (χ0n) is 16.1. The molecular formula is C21H17N7O2. The Morgan fingerprint density at radius 1 is 1.30 bits per heavy atom. The Labute approximate surface area is 171 Å². The minimum absolute atomic E-state index is 0.0889. The number of aromatic nitrogens is 6. The van der Waals surface area contributed by atoms with Gasteiger partial charge in [-0.2, -0.15) is 14.3 Å². The smallest absolute Gasteiger partial charge is 0.226 e. The molecule has 1 atom stereocenters. The number of terminal acetylenes is 1. The van der Waals surface area contributed by atoms with Crippen LogP contribution in [-0.4, -0.2) is 42.1 Å². The number of fused-ring (bicyclic) bond motifs is 2. The Bertz CT molecular complexity index is 1310. The first kappa shape index (κ1) is 17.9. The highest BCUT2D eigenvalue weighted by Crippen LogP contribution is 2.40. The van der Waals surface area contributed by atoms with E-state index in [9.17, 15) is 4.79 Å². The van der Waals surface area contributed by atoms with Crippen molar-refractivity contribution < 1.29 is 9.53 Å². The monoisotopic (exact) mass is 399 g/mol. The van der Waals surface area contributed by atoms with Gasteiger partial charge < -0.3 is 10.1 Å². The van der Waals surface area contributed by atoms with Gasteiger partial charge in [-0.05, 0) is 36.8 Å². The first-order valence-electron chi connectivity index (χ1n) is 9.37. The first-order valence-corrected chi connectivity index (χ1v) is 9.37. The van der Waals surface area contributed by atoms with E-state index in [2.05, 4.69) is 31.6 Å². The third kappa shape index (κ3) is 2.95. The van der Waals surface area contributed by atoms with Gasteiger partial charge in [0.25, 0.3) is 0 Å². The molecule has 0 radical (unpaired) electrons. The van der Waals surface area contributed by atoms with Gasteiger partial charge in [-0.25, -0.2) is 0 Å². The number of nitrogens with one attached hydrogen (secondary N) is 1. The number of anilines is 1. The maximum absolute atomic E-state index is 12.6. The van der Waals surface area contributed by atoms with Gasteiger partial charge in [-0.15, -0.1) is 21.7 Å². The molecule has 0 unspecified atom stereocenters. The lowest BCUT2D eigenvalue weighted by Gasteiger charge is -2.24. The second-order valence-corrected chi connectivity index (χ2v) is 6.95. The van der Waals surface area contributed by atoms with Gasteiger partial charge in [0.2, 0.25) is 5.91 Å². The third-order valence-corrected chi connectivity index (χ3v) is 5.05. The molecule has 4 aromatic rings. The summed E-state index contributed by atoms with van der Waals surface area (Å²) in [5, 5.41) is 19.9. The standard InChI is InChI=1S/C21H17N7O2/c1-3-9-30-15-6-4-5-14(10-15)16-11-19(29)23-21-20(16)13(2)25-28(21)18-8-7-17-24-22-12-27(17)26-18/h1,4-8,10,12,16H,9,11H2,2H3,(H,23,29)/t16-/m1/s1. The molecule has 9 heteroatoms. The minimum Gasteiger partial charge on any atom is -0.481 e. The zero-order valence-corrected chi connectivity index (χ0v) is 16.1. The maximum Gasteiger partial charge on any atom is 0.226 e. The fraction of sp³-hybridized carbons (Fsp3) is 0.190. The molecule has 1 aliphatic rings. The Hall–Kier alpha value is -4.19. The van der Waals surface area contributed by atoms with Crippen LogP contribution < -0.4 is 10.1 Å². The van der Waals surface area contributed by atoms with Crippen LogP contribution in [0.2, 0.25) is 0 Å². The van der Waals surface area contributed by atoms with Crippen molar-refractivity contribution in [2.75, 3.05) is 11.9 Å². The molecule has 148 valence electrons. The lowest BCUT2D eigenvalue weighted by molar-refractivity contribution is -0.116. The third-order valence-electron chi connectivity index (χ3n) is 5.05. The maximum atomic E-state index is 12.6. The van der Waals surface area contributed by atoms with E-state index in [1.807, 2.05) is 31.2 Å². The number of carbonyl (C=O) groups is 1. The summed E-state index contributed by atoms with van der Waals surface area (Å²) in [6.45, 7) is 2.11. The number of nitrogens with zero attached hydrogens (tertiary/aromatic N) is 6. The minimum atomic E-state index is -0.157. The lowest BCUT2D eigenvalue weighted by atomic mass is 9.86. The molecular weight excluding hydrogens is 382 g/mol. The molecule has 4 heterocycles. The van der Waals surface area contributed by atoms with E-state index in [0.717, 1.165) is 16.8 Å². The van der Waals surface area contributed by atoms with Gasteiger partial charge in [0, 0.05) is 17.9 Å². The Kier molecular flexibility index (Phi) is 4.17. The number of benzene rings is 1. The topological polar surface area (TPSA) is 99.2 Å². The highest BCUT2D eigenvalue weighted by Gasteiger charge is 2.33. The predicted octanol–water partition coefficient (Wildman–Crippen LogP) is 2.10. The average Bonchev–Trinajstić information content (AvgIpc) is 3.35. The number of rotatable bonds is 4. The Morgan fingerprint density at radius 3 is 3.07 bits per heavy atom. The van der Waals surface area contributed by atoms with Crippen molar-refractivity contribution in [3.63, 3.8) is 0 Å². The fourth-order valence-corrected chi connectivity index (χ4v) is 3.78. The van der Waals surface area contributed by atoms with E-state index in [-0.39, 0.29) is 18.4 Å². The molecule has 1 aromatic carbocycles. The van der Waals surface area contributed by atoms with E-state index in [1.54, 1.807) is 21.3 Å². The number of carbonyl (C=O) groups excluding carboxylic acids is 1. The van der Waals surface area contributed by atoms with Crippen molar-refractivity contribution in [2.24, 2.45) is 0 Å². The van der Waals surface area contributed by atoms with Gasteiger partial charge in [0.05, 0.1) is 5.69 Å². The van der Waals surface area contributed by atoms with E-state index in [0.29, 0.717) is 29.5 Å². The summed E-state index contributed by atoms with van der Waals surface area (Å²) in [5.74, 6) is 4.05. The summed E-state index contributed by atoms with van der Waals surface area (Å²) in [6, 6.07) is 11.2. The number of ether oxygens (including phenoxy) is 1. The lowest BCUT2D eigenvalue weighted by Crippen LogP contribution is -2.25. The van der Waals surface area contributed by atoms with Crippen LogP contribution in [0, 0.1) is 19.3 Å². The number of hydrogen-bond acceptors (Lipinski definition) is 6. The van der Waals surface area contributed by atoms with Crippen LogP contribution in [0.1, 0.15) is 29.2 Å². The molecule has 1 amide bonds. The summed E-state index contributed by atoms with van der Waals surface area (Å²) in [4.78, 5) is 12.6. The molecule has 1 aliphatic heterocycles. The van der Waals surface area contributed by atoms with Crippen molar-refractivity contribution in [2.45, 2.75) is 19.3 Å². The summed E-state index contributed by atoms with van der Waals surface area (Å²) < 4.78 is 8.77. The van der Waals surface area contributed by atoms with Gasteiger partial charge in [0.15, 0.2) is 11.5 Å². The van der Waals surface area contributed by atoms with Crippen molar-refractivity contribution >= 4 is 17.4 Å². The van der Waals surface area contributed by atoms with Gasteiger partial charge in [-0.3, -0.25) is 4.79 Å². The SMILES string of the molecule is C#CCOc1cccc([C@H]2CC(=O)Nc3c2c(C)nn3-c2ccc3nncn3n2)c1. The van der Waals surface area contributed by atoms with Crippen molar-refractivity contribution in [3.8, 4) is 23.9 Å². The number of hydrogen-bond donors (Lipinski definition) is 1. The molecule has 1 N–H and O–H groups in total. The highest BCUT2D eigenvalue weighted by molar-refractivity contribution is 5.95. The van der Waals surface area contributed by atoms with Gasteiger partial charge in [0.1, 0.15) is 24.5 Å². The van der Waals surface area contributed by atoms with Crippen LogP contribution in [0.25, 0.3) is 11.5 Å². The molecule has 0 bridgehead atoms. The number of amides is 1. The quantitative estimate of drug-likeness (QED) is 0.528. The van der Waals surface area contributed by atoms with Gasteiger partial charge in [-0.1, -0.05) is 18.1 Å². The second kappa shape index (κ2) is 7.00. The van der Waals surface area contributed by atoms with E-state index in [4.69, 9.17) is 11.2 Å². The predicted molar refractivity (Wildman–Crippen MR) is 109 cm³/mol. The summed E-state index contributed by atoms with van der Waals surface area (Å²) in [5.41, 5.74) is 3.36. The molecule has 9 nitrogen and oxygen atoms in total. The summed E-state index contributed by atoms with van der Waals surface area (Å²) >= 11 is 0. The molecule has 0 spiro atoms. The Balaban J connectivity index is 1.60. The zero-order chi connectivity index (χ0) is 20.7. The molecule has 5 rings (SSSR count). The van der Waals surface area contributed by atoms with Crippen LogP contribution in [0.4, 0.5) is 5.82 Å². The van der Waals surface area contributed by atoms with E-state index >= 15 is 0 Å². The number of aryl methyl sites for hydroxylation is 1. The van der Waals surface area contributed by atoms with E-state index in [1.165, 1.54) is 6.33 Å². The summed E-state index contributed by atoms with van der Waals surface area (Å²) in [6.07, 6.45) is 7.12. The van der Waals surface area contributed by atoms with Crippen LogP contribution in [0.3, 0.4) is 0 Å². The molecule has 0 fully saturated rings.